The summed E-state index contributed by atoms with van der Waals surface area (Å²) in [6.07, 6.45) is 1.83. The van der Waals surface area contributed by atoms with Gasteiger partial charge in [0.25, 0.3) is 5.91 Å². The number of hydrogen-bond acceptors (Lipinski definition) is 6. The van der Waals surface area contributed by atoms with E-state index in [1.807, 2.05) is 30.3 Å². The molecule has 130 valence electrons. The van der Waals surface area contributed by atoms with Gasteiger partial charge in [-0.05, 0) is 25.0 Å². The molecule has 2 aromatic rings. The van der Waals surface area contributed by atoms with E-state index in [1.54, 1.807) is 0 Å². The molecule has 7 nitrogen and oxygen atoms in total. The van der Waals surface area contributed by atoms with E-state index in [9.17, 15) is 4.79 Å². The number of carbonyl (C=O) groups excluding carboxylic acids is 1. The van der Waals surface area contributed by atoms with Crippen molar-refractivity contribution < 1.29 is 9.32 Å². The van der Waals surface area contributed by atoms with Gasteiger partial charge in [0.2, 0.25) is 5.89 Å². The van der Waals surface area contributed by atoms with Gasteiger partial charge in [0, 0.05) is 24.7 Å². The quantitative estimate of drug-likeness (QED) is 0.843. The average Bonchev–Trinajstić information content (AvgIpc) is 3.05. The van der Waals surface area contributed by atoms with Gasteiger partial charge in [-0.25, -0.2) is 0 Å². The van der Waals surface area contributed by atoms with Crippen molar-refractivity contribution in [2.24, 2.45) is 5.73 Å². The number of hydrogen-bond donors (Lipinski definition) is 2. The Kier molecular flexibility index (Phi) is 6.72. The van der Waals surface area contributed by atoms with Crippen LogP contribution in [-0.4, -0.2) is 40.1 Å². The van der Waals surface area contributed by atoms with E-state index in [0.29, 0.717) is 23.8 Å². The number of halogens is 1. The number of rotatable bonds is 5. The predicted molar refractivity (Wildman–Crippen MR) is 91.6 cm³/mol. The zero-order valence-corrected chi connectivity index (χ0v) is 14.2. The van der Waals surface area contributed by atoms with Crippen LogP contribution >= 0.6 is 12.4 Å². The third kappa shape index (κ3) is 4.77. The van der Waals surface area contributed by atoms with Gasteiger partial charge in [-0.2, -0.15) is 4.98 Å². The van der Waals surface area contributed by atoms with Crippen molar-refractivity contribution >= 4 is 18.3 Å². The summed E-state index contributed by atoms with van der Waals surface area (Å²) < 4.78 is 5.01. The Morgan fingerprint density at radius 2 is 2.00 bits per heavy atom. The molecule has 1 aromatic carbocycles. The Balaban J connectivity index is 0.00000208. The second-order valence-corrected chi connectivity index (χ2v) is 5.70. The van der Waals surface area contributed by atoms with E-state index in [-0.39, 0.29) is 30.9 Å². The fourth-order valence-electron chi connectivity index (χ4n) is 2.73. The first-order chi connectivity index (χ1) is 11.2. The summed E-state index contributed by atoms with van der Waals surface area (Å²) in [6, 6.07) is 9.52. The molecule has 1 aliphatic heterocycles. The molecule has 2 heterocycles. The number of nitrogens with zero attached hydrogens (tertiary/aromatic N) is 3. The lowest BCUT2D eigenvalue weighted by Crippen LogP contribution is -2.44. The van der Waals surface area contributed by atoms with Crippen molar-refractivity contribution in [3.63, 3.8) is 0 Å². The molecule has 3 N–H and O–H groups in total. The number of likely N-dealkylation sites (tertiary alicyclic amines) is 1. The molecule has 1 saturated heterocycles. The Bertz CT molecular complexity index is 641. The lowest BCUT2D eigenvalue weighted by molar-refractivity contribution is 0.0908. The van der Waals surface area contributed by atoms with Crippen molar-refractivity contribution in [1.82, 2.24) is 20.4 Å². The Morgan fingerprint density at radius 3 is 2.62 bits per heavy atom. The highest BCUT2D eigenvalue weighted by molar-refractivity contribution is 5.94. The molecule has 0 atom stereocenters. The summed E-state index contributed by atoms with van der Waals surface area (Å²) in [4.78, 5) is 18.6. The molecule has 0 saturated carbocycles. The van der Waals surface area contributed by atoms with Crippen LogP contribution in [-0.2, 0) is 13.1 Å². The third-order valence-electron chi connectivity index (χ3n) is 4.01. The van der Waals surface area contributed by atoms with Crippen LogP contribution in [0.5, 0.6) is 0 Å². The first-order valence-corrected chi connectivity index (χ1v) is 7.84. The van der Waals surface area contributed by atoms with Crippen molar-refractivity contribution in [1.29, 1.82) is 0 Å². The highest BCUT2D eigenvalue weighted by Crippen LogP contribution is 2.13. The van der Waals surface area contributed by atoms with Crippen molar-refractivity contribution in [2.75, 3.05) is 13.1 Å². The lowest BCUT2D eigenvalue weighted by Gasteiger charge is -2.31. The molecule has 0 spiro atoms. The van der Waals surface area contributed by atoms with Crippen molar-refractivity contribution in [3.05, 3.63) is 47.6 Å². The molecule has 0 unspecified atom stereocenters. The average molecular weight is 352 g/mol. The van der Waals surface area contributed by atoms with Crippen LogP contribution in [0.3, 0.4) is 0 Å². The fraction of sp³-hybridized carbons (Fsp3) is 0.438. The largest absolute Gasteiger partial charge is 0.349 e. The van der Waals surface area contributed by atoms with Gasteiger partial charge in [-0.3, -0.25) is 9.69 Å². The Morgan fingerprint density at radius 1 is 1.29 bits per heavy atom. The first-order valence-electron chi connectivity index (χ1n) is 7.84. The molecular weight excluding hydrogens is 330 g/mol. The molecule has 0 aliphatic carbocycles. The second-order valence-electron chi connectivity index (χ2n) is 5.70. The first kappa shape index (κ1) is 18.4. The van der Waals surface area contributed by atoms with Gasteiger partial charge < -0.3 is 15.6 Å². The minimum Gasteiger partial charge on any atom is -0.349 e. The highest BCUT2D eigenvalue weighted by Gasteiger charge is 2.22. The molecule has 24 heavy (non-hydrogen) atoms. The molecule has 0 radical (unpaired) electrons. The van der Waals surface area contributed by atoms with Crippen LogP contribution in [0.15, 0.2) is 34.9 Å². The molecule has 8 heteroatoms. The number of piperidine rings is 1. The van der Waals surface area contributed by atoms with E-state index in [0.717, 1.165) is 25.9 Å². The summed E-state index contributed by atoms with van der Waals surface area (Å²) in [5.74, 6) is 1.12. The van der Waals surface area contributed by atoms with E-state index in [4.69, 9.17) is 10.3 Å². The van der Waals surface area contributed by atoms with Gasteiger partial charge in [0.15, 0.2) is 5.82 Å². The molecule has 1 fully saturated rings. The molecule has 0 bridgehead atoms. The summed E-state index contributed by atoms with van der Waals surface area (Å²) in [7, 11) is 0. The summed E-state index contributed by atoms with van der Waals surface area (Å²) in [5, 5.41) is 7.01. The van der Waals surface area contributed by atoms with Crippen LogP contribution in [0.2, 0.25) is 0 Å². The molecule has 1 amide bonds. The third-order valence-corrected chi connectivity index (χ3v) is 4.01. The van der Waals surface area contributed by atoms with Gasteiger partial charge >= 0.3 is 0 Å². The van der Waals surface area contributed by atoms with Crippen molar-refractivity contribution in [3.8, 4) is 0 Å². The maximum atomic E-state index is 12.2. The fourth-order valence-corrected chi connectivity index (χ4v) is 2.73. The maximum absolute atomic E-state index is 12.2. The van der Waals surface area contributed by atoms with Crippen molar-refractivity contribution in [2.45, 2.75) is 32.0 Å². The number of amides is 1. The number of aromatic nitrogens is 2. The van der Waals surface area contributed by atoms with Crippen LogP contribution in [0.4, 0.5) is 0 Å². The highest BCUT2D eigenvalue weighted by atomic mass is 35.5. The van der Waals surface area contributed by atoms with Crippen LogP contribution in [0.25, 0.3) is 0 Å². The molecular formula is C16H22ClN5O2. The standard InChI is InChI=1S/C16H21N5O2.ClH/c17-10-15-19-14(20-23-15)11-21-8-6-13(7-9-21)18-16(22)12-4-2-1-3-5-12;/h1-5,13H,6-11,17H2,(H,18,22);1H. The van der Waals surface area contributed by atoms with E-state index in [2.05, 4.69) is 20.4 Å². The maximum Gasteiger partial charge on any atom is 0.251 e. The minimum atomic E-state index is -0.00481. The van der Waals surface area contributed by atoms with Crippen LogP contribution in [0.1, 0.15) is 34.9 Å². The van der Waals surface area contributed by atoms with Crippen LogP contribution < -0.4 is 11.1 Å². The summed E-state index contributed by atoms with van der Waals surface area (Å²) in [6.45, 7) is 2.71. The SMILES string of the molecule is Cl.NCc1nc(CN2CCC(NC(=O)c3ccccc3)CC2)no1. The number of benzene rings is 1. The van der Waals surface area contributed by atoms with Gasteiger partial charge in [-0.15, -0.1) is 12.4 Å². The Hall–Kier alpha value is -1.96. The van der Waals surface area contributed by atoms with Crippen LogP contribution in [0, 0.1) is 0 Å². The molecule has 1 aromatic heterocycles. The van der Waals surface area contributed by atoms with E-state index >= 15 is 0 Å². The predicted octanol–water partition coefficient (Wildman–Crippen LogP) is 1.34. The zero-order valence-electron chi connectivity index (χ0n) is 13.4. The minimum absolute atomic E-state index is 0. The van der Waals surface area contributed by atoms with E-state index < -0.39 is 0 Å². The second kappa shape index (κ2) is 8.77. The molecule has 1 aliphatic rings. The smallest absolute Gasteiger partial charge is 0.251 e. The monoisotopic (exact) mass is 351 g/mol. The summed E-state index contributed by atoms with van der Waals surface area (Å²) in [5.41, 5.74) is 6.16. The topological polar surface area (TPSA) is 97.3 Å². The number of carbonyl (C=O) groups is 1. The van der Waals surface area contributed by atoms with Gasteiger partial charge in [-0.1, -0.05) is 23.4 Å². The van der Waals surface area contributed by atoms with Gasteiger partial charge in [0.1, 0.15) is 0 Å². The molecule has 3 rings (SSSR count). The normalized spacial score (nSPS) is 15.7. The Labute approximate surface area is 147 Å². The van der Waals surface area contributed by atoms with Gasteiger partial charge in [0.05, 0.1) is 13.1 Å². The lowest BCUT2D eigenvalue weighted by atomic mass is 10.0. The van der Waals surface area contributed by atoms with E-state index in [1.165, 1.54) is 0 Å². The zero-order chi connectivity index (χ0) is 16.1. The number of nitrogens with one attached hydrogen (secondary N) is 1. The summed E-state index contributed by atoms with van der Waals surface area (Å²) >= 11 is 0. The number of nitrogens with two attached hydrogens (primary N) is 1.